The summed E-state index contributed by atoms with van der Waals surface area (Å²) in [7, 11) is 0. The lowest BCUT2D eigenvalue weighted by Crippen LogP contribution is -2.30. The summed E-state index contributed by atoms with van der Waals surface area (Å²) in [6.45, 7) is 3.95. The van der Waals surface area contributed by atoms with Crippen LogP contribution in [0.1, 0.15) is 17.2 Å². The van der Waals surface area contributed by atoms with Crippen molar-refractivity contribution in [3.63, 3.8) is 0 Å². The van der Waals surface area contributed by atoms with Crippen molar-refractivity contribution in [1.29, 1.82) is 0 Å². The number of ketones is 1. The molecular formula is C25H19ClN2O4. The molecule has 1 aromatic heterocycles. The van der Waals surface area contributed by atoms with Crippen LogP contribution in [0.5, 0.6) is 5.75 Å². The average molecular weight is 447 g/mol. The molecule has 32 heavy (non-hydrogen) atoms. The van der Waals surface area contributed by atoms with Crippen molar-refractivity contribution in [3.05, 3.63) is 107 Å². The zero-order valence-corrected chi connectivity index (χ0v) is 17.7. The van der Waals surface area contributed by atoms with Gasteiger partial charge in [-0.2, -0.15) is 0 Å². The van der Waals surface area contributed by atoms with E-state index in [1.54, 1.807) is 72.8 Å². The van der Waals surface area contributed by atoms with E-state index in [0.717, 1.165) is 0 Å². The normalized spacial score (nSPS) is 17.4. The van der Waals surface area contributed by atoms with Gasteiger partial charge in [0.1, 0.15) is 23.9 Å². The van der Waals surface area contributed by atoms with Crippen LogP contribution in [0.25, 0.3) is 5.76 Å². The van der Waals surface area contributed by atoms with Crippen LogP contribution in [0.4, 0.5) is 5.82 Å². The molecule has 0 bridgehead atoms. The third-order valence-corrected chi connectivity index (χ3v) is 5.27. The fourth-order valence-electron chi connectivity index (χ4n) is 3.55. The number of aliphatic hydroxyl groups is 1. The Morgan fingerprint density at radius 1 is 1.09 bits per heavy atom. The SMILES string of the molecule is C=CCOc1ccc(C(O)=C2C(=O)C(=O)N(c3ccccn3)[C@@H]2c2ccc(Cl)cc2)cc1. The summed E-state index contributed by atoms with van der Waals surface area (Å²) in [6, 6.07) is 17.6. The largest absolute Gasteiger partial charge is 0.507 e. The summed E-state index contributed by atoms with van der Waals surface area (Å²) in [6.07, 6.45) is 3.16. The number of hydrogen-bond donors (Lipinski definition) is 1. The number of aliphatic hydroxyl groups excluding tert-OH is 1. The van der Waals surface area contributed by atoms with Gasteiger partial charge in [0.05, 0.1) is 11.6 Å². The van der Waals surface area contributed by atoms with Crippen molar-refractivity contribution >= 4 is 34.9 Å². The molecule has 1 aliphatic heterocycles. The fraction of sp³-hybridized carbons (Fsp3) is 0.0800. The van der Waals surface area contributed by atoms with E-state index in [-0.39, 0.29) is 11.3 Å². The van der Waals surface area contributed by atoms with Crippen molar-refractivity contribution in [2.24, 2.45) is 0 Å². The first-order chi connectivity index (χ1) is 15.5. The highest BCUT2D eigenvalue weighted by Gasteiger charge is 2.47. The standard InChI is InChI=1S/C25H19ClN2O4/c1-2-15-32-19-12-8-17(9-13-19)23(29)21-22(16-6-10-18(26)11-7-16)28(25(31)24(21)30)20-5-3-4-14-27-20/h2-14,22,29H,1,15H2/t22-/m1/s1. The number of Topliss-reactive ketones (excluding diaryl/α,β-unsaturated/α-hetero) is 1. The number of aromatic nitrogens is 1. The number of benzene rings is 2. The molecule has 0 saturated carbocycles. The number of carbonyl (C=O) groups excluding carboxylic acids is 2. The topological polar surface area (TPSA) is 79.7 Å². The average Bonchev–Trinajstić information content (AvgIpc) is 3.09. The van der Waals surface area contributed by atoms with E-state index in [1.807, 2.05) is 0 Å². The molecule has 2 heterocycles. The Hall–Kier alpha value is -3.90. The van der Waals surface area contributed by atoms with Gasteiger partial charge in [-0.25, -0.2) is 4.98 Å². The lowest BCUT2D eigenvalue weighted by atomic mass is 9.95. The third-order valence-electron chi connectivity index (χ3n) is 5.02. The molecule has 0 aliphatic carbocycles. The number of anilines is 1. The molecule has 1 N–H and O–H groups in total. The van der Waals surface area contributed by atoms with Gasteiger partial charge in [-0.05, 0) is 54.1 Å². The molecule has 1 saturated heterocycles. The number of carbonyl (C=O) groups is 2. The van der Waals surface area contributed by atoms with Gasteiger partial charge in [0.15, 0.2) is 0 Å². The molecule has 1 atom stereocenters. The number of ether oxygens (including phenoxy) is 1. The van der Waals surface area contributed by atoms with Gasteiger partial charge in [-0.3, -0.25) is 14.5 Å². The van der Waals surface area contributed by atoms with Gasteiger partial charge in [0, 0.05) is 16.8 Å². The van der Waals surface area contributed by atoms with Gasteiger partial charge in [-0.1, -0.05) is 42.5 Å². The Bertz CT molecular complexity index is 1190. The second kappa shape index (κ2) is 9.08. The van der Waals surface area contributed by atoms with E-state index in [4.69, 9.17) is 16.3 Å². The highest BCUT2D eigenvalue weighted by Crippen LogP contribution is 2.41. The van der Waals surface area contributed by atoms with Gasteiger partial charge >= 0.3 is 5.91 Å². The van der Waals surface area contributed by atoms with Crippen LogP contribution in [-0.4, -0.2) is 28.4 Å². The van der Waals surface area contributed by atoms with Crippen LogP contribution in [0.3, 0.4) is 0 Å². The van der Waals surface area contributed by atoms with Crippen LogP contribution in [0, 0.1) is 0 Å². The maximum Gasteiger partial charge on any atom is 0.301 e. The molecule has 1 amide bonds. The van der Waals surface area contributed by atoms with Crippen molar-refractivity contribution < 1.29 is 19.4 Å². The summed E-state index contributed by atoms with van der Waals surface area (Å²) in [5, 5.41) is 11.6. The molecule has 3 aromatic rings. The molecule has 6 nitrogen and oxygen atoms in total. The van der Waals surface area contributed by atoms with Crippen molar-refractivity contribution in [1.82, 2.24) is 4.98 Å². The van der Waals surface area contributed by atoms with E-state index in [0.29, 0.717) is 34.3 Å². The Labute approximate surface area is 190 Å². The van der Waals surface area contributed by atoms with Gasteiger partial charge < -0.3 is 9.84 Å². The van der Waals surface area contributed by atoms with E-state index in [1.165, 1.54) is 11.1 Å². The highest BCUT2D eigenvalue weighted by atomic mass is 35.5. The molecule has 0 spiro atoms. The molecule has 2 aromatic carbocycles. The smallest absolute Gasteiger partial charge is 0.301 e. The van der Waals surface area contributed by atoms with Crippen molar-refractivity contribution in [2.45, 2.75) is 6.04 Å². The molecule has 0 radical (unpaired) electrons. The lowest BCUT2D eigenvalue weighted by molar-refractivity contribution is -0.132. The van der Waals surface area contributed by atoms with E-state index in [2.05, 4.69) is 11.6 Å². The first-order valence-electron chi connectivity index (χ1n) is 9.83. The fourth-order valence-corrected chi connectivity index (χ4v) is 3.67. The zero-order valence-electron chi connectivity index (χ0n) is 16.9. The Morgan fingerprint density at radius 2 is 1.81 bits per heavy atom. The van der Waals surface area contributed by atoms with E-state index in [9.17, 15) is 14.7 Å². The second-order valence-electron chi connectivity index (χ2n) is 7.03. The molecule has 7 heteroatoms. The third kappa shape index (κ3) is 4.00. The molecule has 1 fully saturated rings. The van der Waals surface area contributed by atoms with E-state index < -0.39 is 17.7 Å². The molecular weight excluding hydrogens is 428 g/mol. The monoisotopic (exact) mass is 446 g/mol. The molecule has 160 valence electrons. The number of halogens is 1. The van der Waals surface area contributed by atoms with Gasteiger partial charge in [-0.15, -0.1) is 0 Å². The maximum atomic E-state index is 13.1. The first kappa shape index (κ1) is 21.3. The van der Waals surface area contributed by atoms with Crippen LogP contribution in [-0.2, 0) is 9.59 Å². The molecule has 0 unspecified atom stereocenters. The number of nitrogens with zero attached hydrogens (tertiary/aromatic N) is 2. The Kier molecular flexibility index (Phi) is 6.05. The number of hydrogen-bond acceptors (Lipinski definition) is 5. The summed E-state index contributed by atoms with van der Waals surface area (Å²) in [5.74, 6) is -0.945. The van der Waals surface area contributed by atoms with Crippen LogP contribution in [0.15, 0.2) is 91.2 Å². The predicted molar refractivity (Wildman–Crippen MR) is 123 cm³/mol. The second-order valence-corrected chi connectivity index (χ2v) is 7.47. The molecule has 4 rings (SSSR count). The van der Waals surface area contributed by atoms with Gasteiger partial charge in [0.2, 0.25) is 0 Å². The summed E-state index contributed by atoms with van der Waals surface area (Å²) >= 11 is 6.04. The molecule has 1 aliphatic rings. The quantitative estimate of drug-likeness (QED) is 0.251. The first-order valence-corrected chi connectivity index (χ1v) is 10.2. The summed E-state index contributed by atoms with van der Waals surface area (Å²) in [5.41, 5.74) is 0.975. The Morgan fingerprint density at radius 3 is 2.44 bits per heavy atom. The van der Waals surface area contributed by atoms with Crippen molar-refractivity contribution in [3.8, 4) is 5.75 Å². The Balaban J connectivity index is 1.84. The van der Waals surface area contributed by atoms with Crippen LogP contribution in [0.2, 0.25) is 5.02 Å². The minimum atomic E-state index is -0.862. The zero-order chi connectivity index (χ0) is 22.7. The maximum absolute atomic E-state index is 13.1. The number of pyridine rings is 1. The number of amides is 1. The highest BCUT2D eigenvalue weighted by molar-refractivity contribution is 6.51. The summed E-state index contributed by atoms with van der Waals surface area (Å²) < 4.78 is 5.46. The van der Waals surface area contributed by atoms with Crippen LogP contribution >= 0.6 is 11.6 Å². The minimum Gasteiger partial charge on any atom is -0.507 e. The minimum absolute atomic E-state index is 0.0252. The predicted octanol–water partition coefficient (Wildman–Crippen LogP) is 4.93. The summed E-state index contributed by atoms with van der Waals surface area (Å²) in [4.78, 5) is 31.6. The van der Waals surface area contributed by atoms with Crippen molar-refractivity contribution in [2.75, 3.05) is 11.5 Å². The lowest BCUT2D eigenvalue weighted by Gasteiger charge is -2.24. The van der Waals surface area contributed by atoms with E-state index >= 15 is 0 Å². The van der Waals surface area contributed by atoms with Gasteiger partial charge in [0.25, 0.3) is 5.78 Å². The number of rotatable bonds is 6. The van der Waals surface area contributed by atoms with Crippen LogP contribution < -0.4 is 9.64 Å².